The number of anilines is 1. The summed E-state index contributed by atoms with van der Waals surface area (Å²) in [5.41, 5.74) is 1.63. The number of halogens is 3. The fourth-order valence-electron chi connectivity index (χ4n) is 1.91. The lowest BCUT2D eigenvalue weighted by atomic mass is 10.0. The van der Waals surface area contributed by atoms with Crippen LogP contribution in [0.1, 0.15) is 24.9 Å². The highest BCUT2D eigenvalue weighted by molar-refractivity contribution is 6.33. The van der Waals surface area contributed by atoms with Gasteiger partial charge in [-0.1, -0.05) is 30.7 Å². The maximum Gasteiger partial charge on any atom is 0.124 e. The molecule has 0 amide bonds. The van der Waals surface area contributed by atoms with Gasteiger partial charge >= 0.3 is 0 Å². The van der Waals surface area contributed by atoms with Gasteiger partial charge in [-0.15, -0.1) is 0 Å². The molecule has 0 heterocycles. The molecule has 0 bridgehead atoms. The molecule has 0 fully saturated rings. The minimum Gasteiger partial charge on any atom is -0.377 e. The van der Waals surface area contributed by atoms with E-state index in [1.54, 1.807) is 18.2 Å². The summed E-state index contributed by atoms with van der Waals surface area (Å²) in [6.07, 6.45) is 0.805. The van der Waals surface area contributed by atoms with Crippen LogP contribution >= 0.6 is 11.6 Å². The topological polar surface area (TPSA) is 12.0 Å². The fourth-order valence-corrected chi connectivity index (χ4v) is 2.13. The van der Waals surface area contributed by atoms with E-state index in [2.05, 4.69) is 5.32 Å². The molecule has 19 heavy (non-hydrogen) atoms. The molecule has 0 aliphatic carbocycles. The first-order valence-corrected chi connectivity index (χ1v) is 6.45. The third-order valence-electron chi connectivity index (χ3n) is 2.94. The zero-order valence-electron chi connectivity index (χ0n) is 10.5. The van der Waals surface area contributed by atoms with E-state index < -0.39 is 0 Å². The monoisotopic (exact) mass is 281 g/mol. The van der Waals surface area contributed by atoms with E-state index in [-0.39, 0.29) is 17.7 Å². The molecular formula is C15H14ClF2N. The summed E-state index contributed by atoms with van der Waals surface area (Å²) in [6, 6.07) is 10.5. The van der Waals surface area contributed by atoms with Gasteiger partial charge in [0, 0.05) is 0 Å². The molecule has 0 aliphatic heterocycles. The van der Waals surface area contributed by atoms with Gasteiger partial charge in [0.1, 0.15) is 11.6 Å². The van der Waals surface area contributed by atoms with Gasteiger partial charge in [0.25, 0.3) is 0 Å². The first-order valence-electron chi connectivity index (χ1n) is 6.07. The molecule has 2 aromatic rings. The van der Waals surface area contributed by atoms with Crippen molar-refractivity contribution >= 4 is 17.3 Å². The van der Waals surface area contributed by atoms with Gasteiger partial charge in [-0.3, -0.25) is 0 Å². The average Bonchev–Trinajstić information content (AvgIpc) is 2.39. The zero-order chi connectivity index (χ0) is 13.8. The van der Waals surface area contributed by atoms with E-state index in [0.29, 0.717) is 10.7 Å². The van der Waals surface area contributed by atoms with Crippen molar-refractivity contribution in [3.63, 3.8) is 0 Å². The smallest absolute Gasteiger partial charge is 0.124 e. The standard InChI is InChI=1S/C15H14ClF2N/c1-2-14(10-3-5-11(17)6-4-10)19-15-8-7-12(18)9-13(15)16/h3-9,14,19H,2H2,1H3. The molecule has 0 saturated carbocycles. The van der Waals surface area contributed by atoms with Crippen LogP contribution in [0.15, 0.2) is 42.5 Å². The van der Waals surface area contributed by atoms with Crippen LogP contribution in [0.25, 0.3) is 0 Å². The molecular weight excluding hydrogens is 268 g/mol. The number of benzene rings is 2. The maximum atomic E-state index is 13.0. The van der Waals surface area contributed by atoms with Gasteiger partial charge in [-0.2, -0.15) is 0 Å². The Kier molecular flexibility index (Phi) is 4.38. The lowest BCUT2D eigenvalue weighted by Gasteiger charge is -2.19. The van der Waals surface area contributed by atoms with Gasteiger partial charge < -0.3 is 5.32 Å². The molecule has 2 rings (SSSR count). The summed E-state index contributed by atoms with van der Waals surface area (Å²) in [5, 5.41) is 3.57. The van der Waals surface area contributed by atoms with Crippen LogP contribution in [0, 0.1) is 11.6 Å². The van der Waals surface area contributed by atoms with Crippen LogP contribution in [-0.4, -0.2) is 0 Å². The average molecular weight is 282 g/mol. The number of hydrogen-bond donors (Lipinski definition) is 1. The van der Waals surface area contributed by atoms with E-state index in [4.69, 9.17) is 11.6 Å². The summed E-state index contributed by atoms with van der Waals surface area (Å²) in [6.45, 7) is 2.01. The molecule has 0 saturated heterocycles. The van der Waals surface area contributed by atoms with Crippen molar-refractivity contribution in [2.75, 3.05) is 5.32 Å². The molecule has 0 radical (unpaired) electrons. The van der Waals surface area contributed by atoms with Crippen LogP contribution < -0.4 is 5.32 Å². The third-order valence-corrected chi connectivity index (χ3v) is 3.25. The van der Waals surface area contributed by atoms with Crippen molar-refractivity contribution in [1.29, 1.82) is 0 Å². The largest absolute Gasteiger partial charge is 0.377 e. The van der Waals surface area contributed by atoms with Gasteiger partial charge in [0.05, 0.1) is 16.8 Å². The molecule has 4 heteroatoms. The highest BCUT2D eigenvalue weighted by atomic mass is 35.5. The van der Waals surface area contributed by atoms with Crippen molar-refractivity contribution in [3.05, 3.63) is 64.7 Å². The molecule has 0 spiro atoms. The van der Waals surface area contributed by atoms with E-state index in [1.807, 2.05) is 6.92 Å². The van der Waals surface area contributed by atoms with Crippen LogP contribution in [0.5, 0.6) is 0 Å². The molecule has 2 aromatic carbocycles. The fraction of sp³-hybridized carbons (Fsp3) is 0.200. The summed E-state index contributed by atoms with van der Waals surface area (Å²) < 4.78 is 25.9. The second-order valence-corrected chi connectivity index (χ2v) is 4.69. The molecule has 0 aromatic heterocycles. The Morgan fingerprint density at radius 1 is 1.05 bits per heavy atom. The highest BCUT2D eigenvalue weighted by Crippen LogP contribution is 2.28. The number of nitrogens with one attached hydrogen (secondary N) is 1. The van der Waals surface area contributed by atoms with E-state index in [1.165, 1.54) is 24.3 Å². The summed E-state index contributed by atoms with van der Waals surface area (Å²) in [7, 11) is 0. The minimum absolute atomic E-state index is 0.00330. The summed E-state index contributed by atoms with van der Waals surface area (Å²) >= 11 is 5.98. The van der Waals surface area contributed by atoms with Crippen LogP contribution in [-0.2, 0) is 0 Å². The van der Waals surface area contributed by atoms with Crippen molar-refractivity contribution in [2.45, 2.75) is 19.4 Å². The van der Waals surface area contributed by atoms with E-state index in [0.717, 1.165) is 12.0 Å². The Balaban J connectivity index is 2.21. The summed E-state index contributed by atoms with van der Waals surface area (Å²) in [4.78, 5) is 0. The first-order chi connectivity index (χ1) is 9.10. The zero-order valence-corrected chi connectivity index (χ0v) is 11.2. The van der Waals surface area contributed by atoms with Crippen LogP contribution in [0.2, 0.25) is 5.02 Å². The van der Waals surface area contributed by atoms with Crippen LogP contribution in [0.4, 0.5) is 14.5 Å². The summed E-state index contributed by atoms with van der Waals surface area (Å²) in [5.74, 6) is -0.635. The Labute approximate surface area is 116 Å². The second-order valence-electron chi connectivity index (χ2n) is 4.28. The predicted octanol–water partition coefficient (Wildman–Crippen LogP) is 5.18. The molecule has 100 valence electrons. The normalized spacial score (nSPS) is 12.2. The Morgan fingerprint density at radius 2 is 1.68 bits per heavy atom. The molecule has 0 aliphatic rings. The van der Waals surface area contributed by atoms with Gasteiger partial charge in [-0.25, -0.2) is 8.78 Å². The third kappa shape index (κ3) is 3.44. The van der Waals surface area contributed by atoms with Crippen molar-refractivity contribution in [1.82, 2.24) is 0 Å². The molecule has 1 N–H and O–H groups in total. The quantitative estimate of drug-likeness (QED) is 0.814. The van der Waals surface area contributed by atoms with Gasteiger partial charge in [-0.05, 0) is 42.3 Å². The van der Waals surface area contributed by atoms with Crippen molar-refractivity contribution in [2.24, 2.45) is 0 Å². The molecule has 1 unspecified atom stereocenters. The highest BCUT2D eigenvalue weighted by Gasteiger charge is 2.11. The Morgan fingerprint density at radius 3 is 2.26 bits per heavy atom. The lowest BCUT2D eigenvalue weighted by Crippen LogP contribution is -2.10. The van der Waals surface area contributed by atoms with E-state index >= 15 is 0 Å². The number of hydrogen-bond acceptors (Lipinski definition) is 1. The SMILES string of the molecule is CCC(Nc1ccc(F)cc1Cl)c1ccc(F)cc1. The maximum absolute atomic E-state index is 13.0. The van der Waals surface area contributed by atoms with E-state index in [9.17, 15) is 8.78 Å². The molecule has 1 atom stereocenters. The lowest BCUT2D eigenvalue weighted by molar-refractivity contribution is 0.624. The molecule has 1 nitrogen and oxygen atoms in total. The van der Waals surface area contributed by atoms with Gasteiger partial charge in [0.2, 0.25) is 0 Å². The predicted molar refractivity (Wildman–Crippen MR) is 74.5 cm³/mol. The Hall–Kier alpha value is -1.61. The van der Waals surface area contributed by atoms with Crippen LogP contribution in [0.3, 0.4) is 0 Å². The van der Waals surface area contributed by atoms with Crippen molar-refractivity contribution < 1.29 is 8.78 Å². The number of rotatable bonds is 4. The van der Waals surface area contributed by atoms with Crippen molar-refractivity contribution in [3.8, 4) is 0 Å². The van der Waals surface area contributed by atoms with Gasteiger partial charge in [0.15, 0.2) is 0 Å². The Bertz CT molecular complexity index is 555. The second kappa shape index (κ2) is 6.02. The minimum atomic E-state index is -0.370. The first kappa shape index (κ1) is 13.8.